The number of nitrogens with two attached hydrogens (primary N) is 4. The first-order chi connectivity index (χ1) is 50.9. The lowest BCUT2D eigenvalue weighted by atomic mass is 10.1. The molecule has 0 aliphatic carbocycles. The number of nitrogens with one attached hydrogen (secondary N) is 3. The molecule has 35 heteroatoms. The molecule has 2 aromatic carbocycles. The van der Waals surface area contributed by atoms with Gasteiger partial charge in [-0.3, -0.25) is 64.0 Å². The number of nitrogens with zero attached hydrogens (tertiary/aromatic N) is 9. The third-order valence-electron chi connectivity index (χ3n) is 15.5. The van der Waals surface area contributed by atoms with Gasteiger partial charge in [-0.25, -0.2) is 9.97 Å². The second-order valence-electron chi connectivity index (χ2n) is 23.5. The average Bonchev–Trinajstić information content (AvgIpc) is 1.64. The van der Waals surface area contributed by atoms with Crippen molar-refractivity contribution in [2.45, 2.75) is 47.2 Å². The van der Waals surface area contributed by atoms with Crippen molar-refractivity contribution in [3.63, 3.8) is 0 Å². The highest BCUT2D eigenvalue weighted by molar-refractivity contribution is 6.47. The van der Waals surface area contributed by atoms with Crippen molar-refractivity contribution in [2.24, 2.45) is 32.9 Å². The monoisotopic (exact) mass is 1470 g/mol. The Bertz CT molecular complexity index is 3610. The van der Waals surface area contributed by atoms with E-state index in [0.717, 1.165) is 56.3 Å². The van der Waals surface area contributed by atoms with Crippen LogP contribution in [0.3, 0.4) is 0 Å². The van der Waals surface area contributed by atoms with Gasteiger partial charge in [-0.1, -0.05) is 12.2 Å². The minimum Gasteiger partial charge on any atom is -0.494 e. The number of anilines is 2. The van der Waals surface area contributed by atoms with Gasteiger partial charge in [0.25, 0.3) is 23.6 Å². The lowest BCUT2D eigenvalue weighted by molar-refractivity contribution is -0.141. The number of benzene rings is 2. The number of hydrogen-bond acceptors (Lipinski definition) is 27. The van der Waals surface area contributed by atoms with E-state index in [2.05, 4.69) is 40.7 Å². The molecule has 7 amide bonds. The SMILES string of the molecule is CCN=C(C=C(C)N)C(=O)Nc1nc2cc(C(N)=O)cc(OC)c2n1C/C=C/Cn1c(NC(=O)C(C=C(C)N)=NCC)nc2cc(C(N)=O)cc(OCCCN3CCN(CCOCCOCCOCCOCCOCCOCCOCCOCCOCCOCCNC(=O)CN4C(=O)C=CC4=O)CC3)c21. The van der Waals surface area contributed by atoms with E-state index in [1.165, 1.54) is 37.5 Å². The van der Waals surface area contributed by atoms with E-state index < -0.39 is 41.4 Å². The van der Waals surface area contributed by atoms with Crippen LogP contribution in [0.4, 0.5) is 11.9 Å². The van der Waals surface area contributed by atoms with Gasteiger partial charge in [-0.15, -0.1) is 0 Å². The number of imidazole rings is 2. The Labute approximate surface area is 610 Å². The molecule has 1 saturated heterocycles. The fraction of sp³-hybridized carbons (Fsp3) is 0.557. The van der Waals surface area contributed by atoms with Gasteiger partial charge in [0.2, 0.25) is 29.6 Å². The van der Waals surface area contributed by atoms with Gasteiger partial charge in [0.15, 0.2) is 0 Å². The van der Waals surface area contributed by atoms with Crippen LogP contribution in [0.15, 0.2) is 82.1 Å². The molecule has 2 aliphatic heterocycles. The molecule has 105 heavy (non-hydrogen) atoms. The largest absolute Gasteiger partial charge is 0.494 e. The Morgan fingerprint density at radius 2 is 0.876 bits per heavy atom. The van der Waals surface area contributed by atoms with E-state index in [4.69, 9.17) is 84.8 Å². The standard InChI is InChI=1S/C70H104N16O19/c1-6-75-56(43-50(3)71)67(92)80-69-78-54-45-52(65(73)90)47-58(94-5)63(54)84(69)15-8-9-16-85-64-55(79-70(85)81-68(93)57(76-7-2)44-51(4)72)46-53(66(74)91)48-59(64)105-22-10-14-82-17-19-83(20-18-82)21-24-96-26-28-98-30-32-100-34-36-102-38-40-104-42-41-103-39-37-101-35-33-99-31-29-97-27-25-95-23-13-77-60(87)49-86-61(88)11-12-62(86)89/h8-9,11-12,43-48H,6-7,10,13-42,49,71-72H2,1-5H3,(H2,73,90)(H2,74,91)(H,77,87)(H,78,80,92)(H,79,81,93)/b9-8+,50-43?,51-44?,75-56?,76-57?. The number of fused-ring (bicyclic) bond motifs is 2. The van der Waals surface area contributed by atoms with Crippen molar-refractivity contribution in [1.82, 2.24) is 39.1 Å². The molecule has 0 unspecified atom stereocenters. The number of aromatic nitrogens is 4. The molecule has 0 spiro atoms. The minimum absolute atomic E-state index is 0.0770. The fourth-order valence-corrected chi connectivity index (χ4v) is 10.4. The zero-order valence-electron chi connectivity index (χ0n) is 60.9. The van der Waals surface area contributed by atoms with Crippen LogP contribution in [-0.2, 0) is 84.4 Å². The number of primary amides is 2. The van der Waals surface area contributed by atoms with Crippen LogP contribution >= 0.6 is 0 Å². The smallest absolute Gasteiger partial charge is 0.276 e. The summed E-state index contributed by atoms with van der Waals surface area (Å²) in [5.41, 5.74) is 26.2. The van der Waals surface area contributed by atoms with E-state index in [-0.39, 0.29) is 79.6 Å². The number of carbonyl (C=O) groups excluding carboxylic acids is 7. The van der Waals surface area contributed by atoms with E-state index in [9.17, 15) is 33.6 Å². The summed E-state index contributed by atoms with van der Waals surface area (Å²) in [6, 6.07) is 6.10. The number of imide groups is 1. The van der Waals surface area contributed by atoms with E-state index in [1.807, 2.05) is 12.2 Å². The molecule has 2 aliphatic rings. The number of piperazine rings is 1. The minimum atomic E-state index is -0.702. The van der Waals surface area contributed by atoms with E-state index in [1.54, 1.807) is 42.9 Å². The zero-order valence-corrected chi connectivity index (χ0v) is 60.9. The summed E-state index contributed by atoms with van der Waals surface area (Å²) in [7, 11) is 1.44. The molecule has 6 rings (SSSR count). The molecule has 1 fully saturated rings. The number of carbonyl (C=O) groups is 7. The van der Waals surface area contributed by atoms with Gasteiger partial charge < -0.3 is 99.1 Å². The van der Waals surface area contributed by atoms with Crippen molar-refractivity contribution < 1.29 is 90.4 Å². The Morgan fingerprint density at radius 1 is 0.505 bits per heavy atom. The Hall–Kier alpha value is -9.11. The molecule has 4 aromatic rings. The number of allylic oxidation sites excluding steroid dienone is 4. The Morgan fingerprint density at radius 3 is 1.26 bits per heavy atom. The van der Waals surface area contributed by atoms with Crippen molar-refractivity contribution in [2.75, 3.05) is 222 Å². The number of aliphatic imine (C=N–C) groups is 2. The number of ether oxygens (including phenoxy) is 12. The van der Waals surface area contributed by atoms with Crippen molar-refractivity contribution in [1.29, 1.82) is 0 Å². The van der Waals surface area contributed by atoms with Crippen LogP contribution in [0.5, 0.6) is 11.5 Å². The van der Waals surface area contributed by atoms with Gasteiger partial charge in [0.1, 0.15) is 40.5 Å². The highest BCUT2D eigenvalue weighted by Gasteiger charge is 2.27. The maximum atomic E-state index is 13.9. The maximum Gasteiger partial charge on any atom is 0.276 e. The van der Waals surface area contributed by atoms with Crippen LogP contribution < -0.4 is 48.4 Å². The predicted octanol–water partition coefficient (Wildman–Crippen LogP) is 0.966. The van der Waals surface area contributed by atoms with Crippen LogP contribution in [0, 0.1) is 0 Å². The normalized spacial score (nSPS) is 14.2. The summed E-state index contributed by atoms with van der Waals surface area (Å²) < 4.78 is 71.3. The molecule has 0 radical (unpaired) electrons. The third-order valence-corrected chi connectivity index (χ3v) is 15.5. The van der Waals surface area contributed by atoms with Gasteiger partial charge in [-0.05, 0) is 70.5 Å². The molecule has 0 bridgehead atoms. The Kier molecular flexibility index (Phi) is 38.8. The molecule has 2 aromatic heterocycles. The first-order valence-electron chi connectivity index (χ1n) is 35.0. The van der Waals surface area contributed by atoms with Crippen LogP contribution in [0.1, 0.15) is 54.8 Å². The molecule has 4 heterocycles. The molecule has 0 saturated carbocycles. The second kappa shape index (κ2) is 48.1. The molecular formula is C70H104N16O19. The number of rotatable bonds is 55. The molecule has 11 N–H and O–H groups in total. The summed E-state index contributed by atoms with van der Waals surface area (Å²) in [5, 5.41) is 8.33. The Balaban J connectivity index is 0.822. The van der Waals surface area contributed by atoms with Gasteiger partial charge in [0, 0.05) is 107 Å². The maximum absolute atomic E-state index is 13.9. The van der Waals surface area contributed by atoms with E-state index >= 15 is 0 Å². The first kappa shape index (κ1) is 84.8. The third kappa shape index (κ3) is 30.5. The quantitative estimate of drug-likeness (QED) is 0.0140. The van der Waals surface area contributed by atoms with Crippen molar-refractivity contribution in [3.05, 3.63) is 83.2 Å². The van der Waals surface area contributed by atoms with Crippen molar-refractivity contribution in [3.8, 4) is 11.5 Å². The van der Waals surface area contributed by atoms with Gasteiger partial charge >= 0.3 is 0 Å². The van der Waals surface area contributed by atoms with Gasteiger partial charge in [-0.2, -0.15) is 0 Å². The van der Waals surface area contributed by atoms with Crippen LogP contribution in [0.2, 0.25) is 0 Å². The topological polar surface area (TPSA) is 441 Å². The molecule has 578 valence electrons. The number of amides is 7. The number of hydrogen-bond donors (Lipinski definition) is 7. The highest BCUT2D eigenvalue weighted by atomic mass is 16.6. The van der Waals surface area contributed by atoms with Crippen LogP contribution in [-0.4, -0.2) is 298 Å². The summed E-state index contributed by atoms with van der Waals surface area (Å²) >= 11 is 0. The summed E-state index contributed by atoms with van der Waals surface area (Å²) in [5.74, 6) is -3.20. The van der Waals surface area contributed by atoms with Gasteiger partial charge in [0.05, 0.1) is 157 Å². The lowest BCUT2D eigenvalue weighted by Gasteiger charge is -2.34. The molecular weight excluding hydrogens is 1370 g/mol. The molecule has 0 atom stereocenters. The fourth-order valence-electron chi connectivity index (χ4n) is 10.4. The first-order valence-corrected chi connectivity index (χ1v) is 35.0. The average molecular weight is 1470 g/mol. The van der Waals surface area contributed by atoms with Crippen LogP contribution in [0.25, 0.3) is 22.1 Å². The van der Waals surface area contributed by atoms with E-state index in [0.29, 0.717) is 184 Å². The summed E-state index contributed by atoms with van der Waals surface area (Å²) in [6.07, 6.45) is 9.46. The summed E-state index contributed by atoms with van der Waals surface area (Å²) in [6.45, 7) is 21.4. The van der Waals surface area contributed by atoms with Crippen molar-refractivity contribution >= 4 is 86.7 Å². The highest BCUT2D eigenvalue weighted by Crippen LogP contribution is 2.33. The number of methoxy groups -OCH3 is 1. The zero-order chi connectivity index (χ0) is 75.6. The second-order valence-corrected chi connectivity index (χ2v) is 23.5. The molecule has 35 nitrogen and oxygen atoms in total. The lowest BCUT2D eigenvalue weighted by Crippen LogP contribution is -2.47. The predicted molar refractivity (Wildman–Crippen MR) is 391 cm³/mol. The summed E-state index contributed by atoms with van der Waals surface area (Å²) in [4.78, 5) is 111.